The first kappa shape index (κ1) is 19.2. The summed E-state index contributed by atoms with van der Waals surface area (Å²) in [6, 6.07) is 7.74. The molecule has 0 radical (unpaired) electrons. The van der Waals surface area contributed by atoms with E-state index in [0.717, 1.165) is 6.07 Å². The summed E-state index contributed by atoms with van der Waals surface area (Å²) in [5.41, 5.74) is 0.0987. The number of amides is 2. The predicted octanol–water partition coefficient (Wildman–Crippen LogP) is 3.98. The van der Waals surface area contributed by atoms with Gasteiger partial charge < -0.3 is 15.2 Å². The summed E-state index contributed by atoms with van der Waals surface area (Å²) in [6.45, 7) is 0.354. The molecular formula is C17H15ClF3N3O3. The Hall–Kier alpha value is -2.52. The number of alkyl halides is 3. The van der Waals surface area contributed by atoms with E-state index in [1.54, 1.807) is 18.2 Å². The molecular weight excluding hydrogens is 387 g/mol. The number of ether oxygens (including phenoxy) is 1. The van der Waals surface area contributed by atoms with Crippen LogP contribution >= 0.6 is 11.6 Å². The van der Waals surface area contributed by atoms with Crippen LogP contribution in [0.15, 0.2) is 36.4 Å². The fraction of sp³-hybridized carbons (Fsp3) is 0.294. The summed E-state index contributed by atoms with van der Waals surface area (Å²) in [6.07, 6.45) is -7.08. The zero-order chi connectivity index (χ0) is 19.6. The summed E-state index contributed by atoms with van der Waals surface area (Å²) >= 11 is 6.08. The normalized spacial score (nSPS) is 17.4. The van der Waals surface area contributed by atoms with Crippen molar-refractivity contribution in [2.75, 3.05) is 11.9 Å². The lowest BCUT2D eigenvalue weighted by atomic mass is 10.0. The molecule has 6 nitrogen and oxygen atoms in total. The predicted molar refractivity (Wildman–Crippen MR) is 91.7 cm³/mol. The molecule has 0 saturated heterocycles. The van der Waals surface area contributed by atoms with E-state index in [9.17, 15) is 23.1 Å². The molecule has 10 heteroatoms. The zero-order valence-electron chi connectivity index (χ0n) is 13.8. The van der Waals surface area contributed by atoms with Gasteiger partial charge in [0.1, 0.15) is 11.6 Å². The molecule has 1 aliphatic rings. The number of aliphatic hydroxyl groups excluding tert-OH is 1. The maximum atomic E-state index is 12.6. The monoisotopic (exact) mass is 401 g/mol. The Morgan fingerprint density at radius 2 is 2.04 bits per heavy atom. The minimum Gasteiger partial charge on any atom is -0.492 e. The average molecular weight is 402 g/mol. The molecule has 0 saturated carbocycles. The number of rotatable bonds is 3. The second-order valence-corrected chi connectivity index (χ2v) is 6.25. The molecule has 1 aromatic heterocycles. The van der Waals surface area contributed by atoms with Crippen LogP contribution in [-0.2, 0) is 0 Å². The molecule has 2 atom stereocenters. The molecule has 0 fully saturated rings. The second kappa shape index (κ2) is 7.61. The van der Waals surface area contributed by atoms with Crippen LogP contribution in [0.25, 0.3) is 0 Å². The lowest BCUT2D eigenvalue weighted by Gasteiger charge is -2.27. The number of fused-ring (bicyclic) bond motifs is 1. The van der Waals surface area contributed by atoms with Gasteiger partial charge in [-0.15, -0.1) is 0 Å². The quantitative estimate of drug-likeness (QED) is 0.726. The molecule has 0 bridgehead atoms. The number of benzene rings is 1. The van der Waals surface area contributed by atoms with E-state index in [4.69, 9.17) is 16.3 Å². The molecule has 2 aromatic rings. The van der Waals surface area contributed by atoms with Crippen molar-refractivity contribution in [2.24, 2.45) is 0 Å². The molecule has 3 N–H and O–H groups in total. The number of hydrogen-bond acceptors (Lipinski definition) is 4. The van der Waals surface area contributed by atoms with Crippen molar-refractivity contribution in [3.8, 4) is 5.75 Å². The van der Waals surface area contributed by atoms with E-state index < -0.39 is 24.0 Å². The number of aromatic nitrogens is 1. The van der Waals surface area contributed by atoms with Crippen LogP contribution in [0.5, 0.6) is 5.75 Å². The Bertz CT molecular complexity index is 848. The number of urea groups is 1. The Morgan fingerprint density at radius 3 is 2.78 bits per heavy atom. The van der Waals surface area contributed by atoms with Crippen molar-refractivity contribution >= 4 is 23.4 Å². The average Bonchev–Trinajstić information content (AvgIpc) is 2.61. The van der Waals surface area contributed by atoms with E-state index in [1.165, 1.54) is 12.1 Å². The number of pyridine rings is 1. The van der Waals surface area contributed by atoms with Gasteiger partial charge in [-0.05, 0) is 18.2 Å². The summed E-state index contributed by atoms with van der Waals surface area (Å²) < 4.78 is 43.3. The van der Waals surface area contributed by atoms with Crippen molar-refractivity contribution in [2.45, 2.75) is 24.7 Å². The molecule has 3 rings (SSSR count). The molecule has 144 valence electrons. The standard InChI is InChI=1S/C17H15ClF3N3O3/c18-10-4-1-3-9-11(7-8-27-14(9)10)23-16(26)24-13-6-2-5-12(22-13)15(25)17(19,20)21/h1-6,11,15,25H,7-8H2,(H2,22,23,24,26)/t11-,15?/m0/s1. The topological polar surface area (TPSA) is 83.5 Å². The van der Waals surface area contributed by atoms with Crippen LogP contribution in [0.4, 0.5) is 23.8 Å². The van der Waals surface area contributed by atoms with Gasteiger partial charge in [-0.2, -0.15) is 13.2 Å². The molecule has 1 aromatic carbocycles. The highest BCUT2D eigenvalue weighted by Crippen LogP contribution is 2.37. The van der Waals surface area contributed by atoms with Gasteiger partial charge in [0.2, 0.25) is 0 Å². The van der Waals surface area contributed by atoms with E-state index in [-0.39, 0.29) is 11.9 Å². The van der Waals surface area contributed by atoms with Crippen LogP contribution in [0.3, 0.4) is 0 Å². The third kappa shape index (κ3) is 4.42. The van der Waals surface area contributed by atoms with Crippen molar-refractivity contribution < 1.29 is 27.8 Å². The highest BCUT2D eigenvalue weighted by molar-refractivity contribution is 6.32. The third-order valence-corrected chi connectivity index (χ3v) is 4.23. The van der Waals surface area contributed by atoms with Crippen LogP contribution in [-0.4, -0.2) is 28.9 Å². The van der Waals surface area contributed by atoms with Crippen molar-refractivity contribution in [3.05, 3.63) is 52.7 Å². The van der Waals surface area contributed by atoms with Crippen molar-refractivity contribution in [1.82, 2.24) is 10.3 Å². The molecule has 1 aliphatic heterocycles. The number of halogens is 4. The van der Waals surface area contributed by atoms with Crippen molar-refractivity contribution in [3.63, 3.8) is 0 Å². The fourth-order valence-electron chi connectivity index (χ4n) is 2.69. The second-order valence-electron chi connectivity index (χ2n) is 5.84. The van der Waals surface area contributed by atoms with Crippen LogP contribution < -0.4 is 15.4 Å². The van der Waals surface area contributed by atoms with Gasteiger partial charge in [-0.3, -0.25) is 5.32 Å². The SMILES string of the molecule is O=C(Nc1cccc(C(O)C(F)(F)F)n1)N[C@H]1CCOc2c(Cl)cccc21. The van der Waals surface area contributed by atoms with Gasteiger partial charge in [0.25, 0.3) is 0 Å². The first-order valence-corrected chi connectivity index (χ1v) is 8.34. The largest absolute Gasteiger partial charge is 0.492 e. The van der Waals surface area contributed by atoms with Gasteiger partial charge in [0.15, 0.2) is 6.10 Å². The summed E-state index contributed by atoms with van der Waals surface area (Å²) in [5.74, 6) is 0.371. The molecule has 0 spiro atoms. The smallest absolute Gasteiger partial charge is 0.420 e. The Balaban J connectivity index is 1.70. The van der Waals surface area contributed by atoms with Gasteiger partial charge in [0, 0.05) is 12.0 Å². The highest BCUT2D eigenvalue weighted by Gasteiger charge is 2.40. The van der Waals surface area contributed by atoms with Crippen LogP contribution in [0.2, 0.25) is 5.02 Å². The minimum absolute atomic E-state index is 0.119. The fourth-order valence-corrected chi connectivity index (χ4v) is 2.92. The lowest BCUT2D eigenvalue weighted by molar-refractivity contribution is -0.207. The van der Waals surface area contributed by atoms with Gasteiger partial charge in [-0.1, -0.05) is 29.8 Å². The van der Waals surface area contributed by atoms with Crippen LogP contribution in [0.1, 0.15) is 29.8 Å². The number of carbonyl (C=O) groups excluding carboxylic acids is 1. The Morgan fingerprint density at radius 1 is 1.30 bits per heavy atom. The van der Waals surface area contributed by atoms with E-state index in [2.05, 4.69) is 15.6 Å². The zero-order valence-corrected chi connectivity index (χ0v) is 14.5. The number of nitrogens with zero attached hydrogens (tertiary/aromatic N) is 1. The summed E-state index contributed by atoms with van der Waals surface area (Å²) in [7, 11) is 0. The number of hydrogen-bond donors (Lipinski definition) is 3. The lowest BCUT2D eigenvalue weighted by Crippen LogP contribution is -2.35. The number of para-hydroxylation sites is 1. The molecule has 1 unspecified atom stereocenters. The molecule has 2 heterocycles. The minimum atomic E-state index is -4.85. The first-order chi connectivity index (χ1) is 12.8. The number of anilines is 1. The number of aliphatic hydroxyl groups is 1. The summed E-state index contributed by atoms with van der Waals surface area (Å²) in [5, 5.41) is 14.8. The third-order valence-electron chi connectivity index (χ3n) is 3.93. The number of carbonyl (C=O) groups is 1. The Kier molecular flexibility index (Phi) is 5.43. The Labute approximate surface area is 157 Å². The van der Waals surface area contributed by atoms with E-state index in [1.807, 2.05) is 0 Å². The summed E-state index contributed by atoms with van der Waals surface area (Å²) in [4.78, 5) is 15.9. The van der Waals surface area contributed by atoms with E-state index in [0.29, 0.717) is 29.4 Å². The maximum Gasteiger partial charge on any atom is 0.420 e. The first-order valence-electron chi connectivity index (χ1n) is 7.96. The maximum absolute atomic E-state index is 12.6. The molecule has 27 heavy (non-hydrogen) atoms. The van der Waals surface area contributed by atoms with Crippen molar-refractivity contribution in [1.29, 1.82) is 0 Å². The van der Waals surface area contributed by atoms with Gasteiger partial charge in [-0.25, -0.2) is 9.78 Å². The van der Waals surface area contributed by atoms with E-state index >= 15 is 0 Å². The number of nitrogens with one attached hydrogen (secondary N) is 2. The van der Waals surface area contributed by atoms with Gasteiger partial charge >= 0.3 is 12.2 Å². The highest BCUT2D eigenvalue weighted by atomic mass is 35.5. The van der Waals surface area contributed by atoms with Crippen LogP contribution in [0, 0.1) is 0 Å². The molecule has 0 aliphatic carbocycles. The van der Waals surface area contributed by atoms with Gasteiger partial charge in [0.05, 0.1) is 23.4 Å². The molecule has 2 amide bonds.